The Morgan fingerprint density at radius 2 is 2.11 bits per heavy atom. The third-order valence-electron chi connectivity index (χ3n) is 5.53. The number of H-pyrrole nitrogens is 1. The van der Waals surface area contributed by atoms with Crippen molar-refractivity contribution in [2.75, 3.05) is 6.54 Å². The van der Waals surface area contributed by atoms with Crippen LogP contribution in [0.2, 0.25) is 0 Å². The highest BCUT2D eigenvalue weighted by Gasteiger charge is 2.31. The van der Waals surface area contributed by atoms with E-state index in [0.29, 0.717) is 18.8 Å². The summed E-state index contributed by atoms with van der Waals surface area (Å²) >= 11 is 0. The van der Waals surface area contributed by atoms with Crippen molar-refractivity contribution in [2.45, 2.75) is 32.5 Å². The van der Waals surface area contributed by atoms with E-state index in [0.717, 1.165) is 29.7 Å². The molecule has 0 radical (unpaired) electrons. The maximum absolute atomic E-state index is 13.1. The minimum atomic E-state index is -0.0164. The lowest BCUT2D eigenvalue weighted by molar-refractivity contribution is 0.0611. The lowest BCUT2D eigenvalue weighted by Crippen LogP contribution is -2.41. The number of hydrogen-bond donors (Lipinski definition) is 1. The molecule has 0 saturated carbocycles. The molecule has 0 spiro atoms. The topological polar surface area (TPSA) is 71.7 Å². The monoisotopic (exact) mass is 374 g/mol. The van der Waals surface area contributed by atoms with Crippen molar-refractivity contribution in [1.82, 2.24) is 29.2 Å². The summed E-state index contributed by atoms with van der Waals surface area (Å²) in [5.74, 6) is -0.0164. The Labute approximate surface area is 162 Å². The fourth-order valence-electron chi connectivity index (χ4n) is 4.16. The lowest BCUT2D eigenvalue weighted by atomic mass is 10.1. The number of imidazole rings is 1. The number of aromatic amines is 1. The summed E-state index contributed by atoms with van der Waals surface area (Å²) in [5.41, 5.74) is 4.58. The van der Waals surface area contributed by atoms with Crippen LogP contribution in [0.1, 0.15) is 41.3 Å². The SMILES string of the molecule is CC[C@@H]1c2cccn2CCN1C(=O)c1cc(Cn2cnc3ccccc32)[nH]n1. The van der Waals surface area contributed by atoms with Crippen molar-refractivity contribution < 1.29 is 4.79 Å². The van der Waals surface area contributed by atoms with E-state index < -0.39 is 0 Å². The highest BCUT2D eigenvalue weighted by molar-refractivity contribution is 5.92. The summed E-state index contributed by atoms with van der Waals surface area (Å²) in [7, 11) is 0. The molecule has 0 fully saturated rings. The maximum atomic E-state index is 13.1. The van der Waals surface area contributed by atoms with Gasteiger partial charge in [-0.25, -0.2) is 4.98 Å². The molecule has 0 saturated heterocycles. The number of nitrogens with zero attached hydrogens (tertiary/aromatic N) is 5. The Morgan fingerprint density at radius 1 is 1.21 bits per heavy atom. The van der Waals surface area contributed by atoms with Crippen molar-refractivity contribution in [3.05, 3.63) is 72.1 Å². The van der Waals surface area contributed by atoms with Crippen LogP contribution in [0, 0.1) is 0 Å². The van der Waals surface area contributed by atoms with Crippen LogP contribution in [-0.4, -0.2) is 41.7 Å². The van der Waals surface area contributed by atoms with Crippen LogP contribution in [-0.2, 0) is 13.1 Å². The summed E-state index contributed by atoms with van der Waals surface area (Å²) < 4.78 is 4.29. The molecule has 0 unspecified atom stereocenters. The van der Waals surface area contributed by atoms with Crippen LogP contribution in [0.5, 0.6) is 0 Å². The molecule has 1 atom stereocenters. The average Bonchev–Trinajstić information content (AvgIpc) is 3.47. The highest BCUT2D eigenvalue weighted by atomic mass is 16.2. The first-order valence-electron chi connectivity index (χ1n) is 9.64. The zero-order valence-corrected chi connectivity index (χ0v) is 15.7. The smallest absolute Gasteiger partial charge is 0.274 e. The Morgan fingerprint density at radius 3 is 3.00 bits per heavy atom. The van der Waals surface area contributed by atoms with Crippen molar-refractivity contribution in [1.29, 1.82) is 0 Å². The third kappa shape index (κ3) is 2.70. The van der Waals surface area contributed by atoms with Gasteiger partial charge in [-0.05, 0) is 36.8 Å². The molecule has 4 heterocycles. The quantitative estimate of drug-likeness (QED) is 0.596. The Bertz CT molecular complexity index is 1140. The van der Waals surface area contributed by atoms with Gasteiger partial charge in [-0.3, -0.25) is 9.89 Å². The van der Waals surface area contributed by atoms with E-state index in [1.807, 2.05) is 47.6 Å². The molecule has 142 valence electrons. The molecule has 4 aromatic rings. The number of rotatable bonds is 4. The largest absolute Gasteiger partial charge is 0.348 e. The number of carbonyl (C=O) groups excluding carboxylic acids is 1. The number of carbonyl (C=O) groups is 1. The first-order chi connectivity index (χ1) is 13.7. The van der Waals surface area contributed by atoms with E-state index in [-0.39, 0.29) is 11.9 Å². The minimum Gasteiger partial charge on any atom is -0.348 e. The number of amides is 1. The van der Waals surface area contributed by atoms with Gasteiger partial charge < -0.3 is 14.0 Å². The van der Waals surface area contributed by atoms with E-state index >= 15 is 0 Å². The van der Waals surface area contributed by atoms with Gasteiger partial charge in [-0.2, -0.15) is 5.10 Å². The molecule has 5 rings (SSSR count). The first kappa shape index (κ1) is 16.8. The highest BCUT2D eigenvalue weighted by Crippen LogP contribution is 2.29. The summed E-state index contributed by atoms with van der Waals surface area (Å²) in [6.07, 6.45) is 4.79. The maximum Gasteiger partial charge on any atom is 0.274 e. The second kappa shape index (κ2) is 6.67. The van der Waals surface area contributed by atoms with Gasteiger partial charge in [-0.15, -0.1) is 0 Å². The molecule has 7 heteroatoms. The van der Waals surface area contributed by atoms with E-state index in [1.165, 1.54) is 5.69 Å². The standard InChI is InChI=1S/C21H22N6O/c1-2-18-20-8-5-9-25(20)10-11-27(18)21(28)17-12-15(23-24-17)13-26-14-22-16-6-3-4-7-19(16)26/h3-9,12,14,18H,2,10-11,13H2,1H3,(H,23,24)/t18-/m1/s1. The predicted molar refractivity (Wildman–Crippen MR) is 106 cm³/mol. The van der Waals surface area contributed by atoms with Gasteiger partial charge in [0.2, 0.25) is 0 Å². The third-order valence-corrected chi connectivity index (χ3v) is 5.53. The lowest BCUT2D eigenvalue weighted by Gasteiger charge is -2.36. The molecule has 28 heavy (non-hydrogen) atoms. The van der Waals surface area contributed by atoms with Gasteiger partial charge in [0.25, 0.3) is 5.91 Å². The number of fused-ring (bicyclic) bond motifs is 2. The van der Waals surface area contributed by atoms with Crippen molar-refractivity contribution in [3.8, 4) is 0 Å². The molecule has 1 N–H and O–H groups in total. The number of para-hydroxylation sites is 2. The average molecular weight is 374 g/mol. The summed E-state index contributed by atoms with van der Waals surface area (Å²) in [5, 5.41) is 7.33. The molecular formula is C21H22N6O. The minimum absolute atomic E-state index is 0.0164. The van der Waals surface area contributed by atoms with Crippen LogP contribution in [0.15, 0.2) is 55.0 Å². The summed E-state index contributed by atoms with van der Waals surface area (Å²) in [6, 6.07) is 14.1. The summed E-state index contributed by atoms with van der Waals surface area (Å²) in [4.78, 5) is 19.5. The number of hydrogen-bond acceptors (Lipinski definition) is 3. The van der Waals surface area contributed by atoms with Gasteiger partial charge in [0, 0.05) is 25.0 Å². The van der Waals surface area contributed by atoms with Gasteiger partial charge in [0.05, 0.1) is 35.6 Å². The van der Waals surface area contributed by atoms with E-state index in [4.69, 9.17) is 0 Å². The number of aromatic nitrogens is 5. The molecule has 1 aliphatic rings. The van der Waals surface area contributed by atoms with E-state index in [9.17, 15) is 4.79 Å². The molecular weight excluding hydrogens is 352 g/mol. The molecule has 7 nitrogen and oxygen atoms in total. The Balaban J connectivity index is 1.38. The molecule has 1 amide bonds. The Hall–Kier alpha value is -3.35. The fraction of sp³-hybridized carbons (Fsp3) is 0.286. The van der Waals surface area contributed by atoms with Crippen LogP contribution in [0.3, 0.4) is 0 Å². The van der Waals surface area contributed by atoms with E-state index in [1.54, 1.807) is 0 Å². The zero-order valence-electron chi connectivity index (χ0n) is 15.7. The Kier molecular flexibility index (Phi) is 4.00. The van der Waals surface area contributed by atoms with Crippen LogP contribution < -0.4 is 0 Å². The van der Waals surface area contributed by atoms with Crippen molar-refractivity contribution in [3.63, 3.8) is 0 Å². The first-order valence-corrected chi connectivity index (χ1v) is 9.64. The molecule has 3 aromatic heterocycles. The molecule has 0 bridgehead atoms. The molecule has 1 aliphatic heterocycles. The van der Waals surface area contributed by atoms with Crippen LogP contribution in [0.25, 0.3) is 11.0 Å². The van der Waals surface area contributed by atoms with Gasteiger partial charge >= 0.3 is 0 Å². The second-order valence-electron chi connectivity index (χ2n) is 7.19. The fourth-order valence-corrected chi connectivity index (χ4v) is 4.16. The van der Waals surface area contributed by atoms with Gasteiger partial charge in [0.15, 0.2) is 5.69 Å². The number of nitrogens with one attached hydrogen (secondary N) is 1. The molecule has 1 aromatic carbocycles. The van der Waals surface area contributed by atoms with Crippen molar-refractivity contribution >= 4 is 16.9 Å². The van der Waals surface area contributed by atoms with Gasteiger partial charge in [0.1, 0.15) is 0 Å². The summed E-state index contributed by atoms with van der Waals surface area (Å²) in [6.45, 7) is 4.24. The predicted octanol–water partition coefficient (Wildman–Crippen LogP) is 3.22. The number of benzene rings is 1. The normalized spacial score (nSPS) is 16.5. The second-order valence-corrected chi connectivity index (χ2v) is 7.19. The van der Waals surface area contributed by atoms with Gasteiger partial charge in [-0.1, -0.05) is 19.1 Å². The van der Waals surface area contributed by atoms with Crippen LogP contribution >= 0.6 is 0 Å². The van der Waals surface area contributed by atoms with E-state index in [2.05, 4.69) is 43.5 Å². The van der Waals surface area contributed by atoms with Crippen molar-refractivity contribution in [2.24, 2.45) is 0 Å². The molecule has 0 aliphatic carbocycles. The zero-order chi connectivity index (χ0) is 19.1. The van der Waals surface area contributed by atoms with Crippen LogP contribution in [0.4, 0.5) is 0 Å².